The number of thiophene rings is 1. The SMILES string of the molecule is CCc1ccc(CNc2cccc3[nH]ncc23)s1. The summed E-state index contributed by atoms with van der Waals surface area (Å²) >= 11 is 1.87. The van der Waals surface area contributed by atoms with Gasteiger partial charge in [0.1, 0.15) is 0 Å². The van der Waals surface area contributed by atoms with E-state index in [1.807, 2.05) is 29.7 Å². The molecule has 2 aromatic heterocycles. The first-order chi connectivity index (χ1) is 8.86. The Morgan fingerprint density at radius 3 is 2.94 bits per heavy atom. The Morgan fingerprint density at radius 2 is 2.11 bits per heavy atom. The van der Waals surface area contributed by atoms with E-state index in [1.165, 1.54) is 9.75 Å². The normalized spacial score (nSPS) is 10.9. The molecule has 3 rings (SSSR count). The molecule has 3 nitrogen and oxygen atoms in total. The van der Waals surface area contributed by atoms with E-state index >= 15 is 0 Å². The first-order valence-corrected chi connectivity index (χ1v) is 6.92. The van der Waals surface area contributed by atoms with Crippen LogP contribution < -0.4 is 5.32 Å². The van der Waals surface area contributed by atoms with Crippen molar-refractivity contribution in [2.24, 2.45) is 0 Å². The fourth-order valence-electron chi connectivity index (χ4n) is 2.01. The Kier molecular flexibility index (Phi) is 3.02. The lowest BCUT2D eigenvalue weighted by Gasteiger charge is -2.05. The molecule has 92 valence electrons. The quantitative estimate of drug-likeness (QED) is 0.746. The van der Waals surface area contributed by atoms with E-state index in [1.54, 1.807) is 0 Å². The molecule has 0 saturated carbocycles. The second kappa shape index (κ2) is 4.82. The van der Waals surface area contributed by atoms with Gasteiger partial charge in [0.2, 0.25) is 0 Å². The number of aromatic nitrogens is 2. The van der Waals surface area contributed by atoms with Crippen LogP contribution in [0.1, 0.15) is 16.7 Å². The molecule has 1 aromatic carbocycles. The molecule has 0 unspecified atom stereocenters. The third kappa shape index (κ3) is 2.11. The monoisotopic (exact) mass is 257 g/mol. The summed E-state index contributed by atoms with van der Waals surface area (Å²) in [6.07, 6.45) is 2.98. The molecule has 0 fully saturated rings. The molecule has 0 saturated heterocycles. The molecule has 0 aliphatic carbocycles. The number of hydrogen-bond acceptors (Lipinski definition) is 3. The van der Waals surface area contributed by atoms with Gasteiger partial charge in [-0.15, -0.1) is 11.3 Å². The van der Waals surface area contributed by atoms with Crippen molar-refractivity contribution in [3.05, 3.63) is 46.3 Å². The maximum atomic E-state index is 4.07. The van der Waals surface area contributed by atoms with Crippen molar-refractivity contribution in [3.8, 4) is 0 Å². The second-order valence-corrected chi connectivity index (χ2v) is 5.46. The predicted octanol–water partition coefficient (Wildman–Crippen LogP) is 3.80. The lowest BCUT2D eigenvalue weighted by Crippen LogP contribution is -1.97. The van der Waals surface area contributed by atoms with Crippen molar-refractivity contribution in [2.45, 2.75) is 19.9 Å². The average molecular weight is 257 g/mol. The molecule has 18 heavy (non-hydrogen) atoms. The minimum atomic E-state index is 0.870. The van der Waals surface area contributed by atoms with Gasteiger partial charge in [0.05, 0.1) is 11.7 Å². The molecule has 0 amide bonds. The van der Waals surface area contributed by atoms with Crippen molar-refractivity contribution in [1.29, 1.82) is 0 Å². The smallest absolute Gasteiger partial charge is 0.0671 e. The van der Waals surface area contributed by atoms with Gasteiger partial charge in [0, 0.05) is 27.4 Å². The first-order valence-electron chi connectivity index (χ1n) is 6.10. The Morgan fingerprint density at radius 1 is 1.22 bits per heavy atom. The number of hydrogen-bond donors (Lipinski definition) is 2. The van der Waals surface area contributed by atoms with E-state index in [9.17, 15) is 0 Å². The van der Waals surface area contributed by atoms with E-state index in [2.05, 4.69) is 40.6 Å². The first kappa shape index (κ1) is 11.3. The number of H-pyrrole nitrogens is 1. The number of anilines is 1. The van der Waals surface area contributed by atoms with Crippen LogP contribution in [0.3, 0.4) is 0 Å². The molecule has 0 atom stereocenters. The average Bonchev–Trinajstić information content (AvgIpc) is 3.05. The zero-order valence-corrected chi connectivity index (χ0v) is 11.1. The Hall–Kier alpha value is -1.81. The van der Waals surface area contributed by atoms with E-state index < -0.39 is 0 Å². The summed E-state index contributed by atoms with van der Waals surface area (Å²) in [7, 11) is 0. The third-order valence-electron chi connectivity index (χ3n) is 3.00. The molecular weight excluding hydrogens is 242 g/mol. The molecule has 0 radical (unpaired) electrons. The predicted molar refractivity (Wildman–Crippen MR) is 77.1 cm³/mol. The second-order valence-electron chi connectivity index (χ2n) is 4.21. The van der Waals surface area contributed by atoms with Crippen molar-refractivity contribution >= 4 is 27.9 Å². The van der Waals surface area contributed by atoms with Crippen LogP contribution in [0.4, 0.5) is 5.69 Å². The maximum absolute atomic E-state index is 4.07. The minimum Gasteiger partial charge on any atom is -0.380 e. The van der Waals surface area contributed by atoms with E-state index in [4.69, 9.17) is 0 Å². The van der Waals surface area contributed by atoms with E-state index in [-0.39, 0.29) is 0 Å². The number of rotatable bonds is 4. The van der Waals surface area contributed by atoms with Gasteiger partial charge in [-0.25, -0.2) is 0 Å². The van der Waals surface area contributed by atoms with Crippen LogP contribution in [-0.4, -0.2) is 10.2 Å². The number of nitrogens with zero attached hydrogens (tertiary/aromatic N) is 1. The topological polar surface area (TPSA) is 40.7 Å². The van der Waals surface area contributed by atoms with Crippen molar-refractivity contribution in [2.75, 3.05) is 5.32 Å². The number of aromatic amines is 1. The van der Waals surface area contributed by atoms with Gasteiger partial charge >= 0.3 is 0 Å². The molecule has 2 N–H and O–H groups in total. The largest absolute Gasteiger partial charge is 0.380 e. The lowest BCUT2D eigenvalue weighted by molar-refractivity contribution is 1.12. The van der Waals surface area contributed by atoms with Gasteiger partial charge in [-0.3, -0.25) is 5.10 Å². The van der Waals surface area contributed by atoms with Crippen LogP contribution in [0.2, 0.25) is 0 Å². The molecule has 4 heteroatoms. The van der Waals surface area contributed by atoms with Crippen LogP contribution in [0, 0.1) is 0 Å². The van der Waals surface area contributed by atoms with Crippen LogP contribution in [-0.2, 0) is 13.0 Å². The molecule has 3 aromatic rings. The van der Waals surface area contributed by atoms with Crippen molar-refractivity contribution in [3.63, 3.8) is 0 Å². The zero-order chi connectivity index (χ0) is 12.4. The highest BCUT2D eigenvalue weighted by Crippen LogP contribution is 2.23. The van der Waals surface area contributed by atoms with Crippen LogP contribution >= 0.6 is 11.3 Å². The summed E-state index contributed by atoms with van der Waals surface area (Å²) in [6.45, 7) is 3.06. The van der Waals surface area contributed by atoms with Gasteiger partial charge in [0.25, 0.3) is 0 Å². The van der Waals surface area contributed by atoms with Crippen LogP contribution in [0.25, 0.3) is 10.9 Å². The summed E-state index contributed by atoms with van der Waals surface area (Å²) in [5.74, 6) is 0. The molecular formula is C14H15N3S. The molecule has 0 aliphatic rings. The van der Waals surface area contributed by atoms with Crippen LogP contribution in [0.15, 0.2) is 36.5 Å². The Bertz CT molecular complexity index is 654. The van der Waals surface area contributed by atoms with E-state index in [0.717, 1.165) is 29.6 Å². The van der Waals surface area contributed by atoms with Gasteiger partial charge in [-0.05, 0) is 30.7 Å². The highest BCUT2D eigenvalue weighted by molar-refractivity contribution is 7.12. The van der Waals surface area contributed by atoms with Crippen molar-refractivity contribution in [1.82, 2.24) is 10.2 Å². The zero-order valence-electron chi connectivity index (χ0n) is 10.2. The number of benzene rings is 1. The summed E-state index contributed by atoms with van der Waals surface area (Å²) in [6, 6.07) is 10.6. The molecule has 0 aliphatic heterocycles. The Balaban J connectivity index is 1.78. The highest BCUT2D eigenvalue weighted by Gasteiger charge is 2.03. The highest BCUT2D eigenvalue weighted by atomic mass is 32.1. The third-order valence-corrected chi connectivity index (χ3v) is 4.23. The minimum absolute atomic E-state index is 0.870. The fourth-order valence-corrected chi connectivity index (χ4v) is 2.91. The summed E-state index contributed by atoms with van der Waals surface area (Å²) in [5, 5.41) is 11.7. The van der Waals surface area contributed by atoms with Crippen molar-refractivity contribution < 1.29 is 0 Å². The Labute approximate surface area is 110 Å². The number of nitrogens with one attached hydrogen (secondary N) is 2. The standard InChI is InChI=1S/C14H15N3S/c1-2-10-6-7-11(18-10)8-15-13-4-3-5-14-12(13)9-16-17-14/h3-7,9,15H,2,8H2,1H3,(H,16,17). The van der Waals surface area contributed by atoms with Gasteiger partial charge in [0.15, 0.2) is 0 Å². The molecule has 0 bridgehead atoms. The maximum Gasteiger partial charge on any atom is 0.0671 e. The molecule has 2 heterocycles. The lowest BCUT2D eigenvalue weighted by atomic mass is 10.2. The number of aryl methyl sites for hydroxylation is 1. The fraction of sp³-hybridized carbons (Fsp3) is 0.214. The number of fused-ring (bicyclic) bond motifs is 1. The van der Waals surface area contributed by atoms with Gasteiger partial charge in [-0.2, -0.15) is 5.10 Å². The van der Waals surface area contributed by atoms with E-state index in [0.29, 0.717) is 0 Å². The summed E-state index contributed by atoms with van der Waals surface area (Å²) in [4.78, 5) is 2.81. The van der Waals surface area contributed by atoms with Gasteiger partial charge < -0.3 is 5.32 Å². The van der Waals surface area contributed by atoms with Gasteiger partial charge in [-0.1, -0.05) is 13.0 Å². The van der Waals surface area contributed by atoms with Crippen LogP contribution in [0.5, 0.6) is 0 Å². The summed E-state index contributed by atoms with van der Waals surface area (Å²) in [5.41, 5.74) is 2.20. The summed E-state index contributed by atoms with van der Waals surface area (Å²) < 4.78 is 0. The molecule has 0 spiro atoms.